The number of allylic oxidation sites excluding steroid dienone is 6. The predicted molar refractivity (Wildman–Crippen MR) is 171 cm³/mol. The molecule has 0 radical (unpaired) electrons. The normalized spacial score (nSPS) is 17.9. The Kier molecular flexibility index (Phi) is 15.7. The predicted octanol–water partition coefficient (Wildman–Crippen LogP) is 8.61. The highest BCUT2D eigenvalue weighted by molar-refractivity contribution is 5.98. The van der Waals surface area contributed by atoms with Gasteiger partial charge in [0.1, 0.15) is 11.4 Å². The van der Waals surface area contributed by atoms with Crippen LogP contribution in [0.3, 0.4) is 0 Å². The number of nitrogens with zero attached hydrogens (tertiary/aromatic N) is 3. The van der Waals surface area contributed by atoms with E-state index in [0.717, 1.165) is 44.2 Å². The van der Waals surface area contributed by atoms with Gasteiger partial charge in [0.15, 0.2) is 0 Å². The van der Waals surface area contributed by atoms with Gasteiger partial charge < -0.3 is 10.2 Å². The van der Waals surface area contributed by atoms with Crippen molar-refractivity contribution in [1.82, 2.24) is 5.32 Å². The maximum absolute atomic E-state index is 13.6. The first-order chi connectivity index (χ1) is 20.4. The van der Waals surface area contributed by atoms with Crippen LogP contribution in [0, 0.1) is 4.91 Å². The summed E-state index contributed by atoms with van der Waals surface area (Å²) in [5, 5.41) is 10.1. The minimum atomic E-state index is -0.336. The van der Waals surface area contributed by atoms with Gasteiger partial charge in [-0.15, -0.1) is 4.91 Å². The SMILES string of the molecule is C=C(CCCCC=NC(=C/CC1=NOC(CC)(CCc2ccccc2)C1)/C(=C\C)C(=O)NC/C=C\C(F)=C/CC)N=O. The Morgan fingerprint density at radius 2 is 2.00 bits per heavy atom. The van der Waals surface area contributed by atoms with Gasteiger partial charge in [0, 0.05) is 25.6 Å². The maximum Gasteiger partial charge on any atom is 0.253 e. The van der Waals surface area contributed by atoms with E-state index in [1.165, 1.54) is 17.7 Å². The monoisotopic (exact) mass is 576 g/mol. The topological polar surface area (TPSA) is 92.5 Å². The number of hydrogen-bond donors (Lipinski definition) is 1. The molecule has 1 unspecified atom stereocenters. The van der Waals surface area contributed by atoms with Crippen LogP contribution in [0.5, 0.6) is 0 Å². The number of aryl methyl sites for hydroxylation is 1. The molecule has 0 saturated heterocycles. The van der Waals surface area contributed by atoms with Gasteiger partial charge in [-0.2, -0.15) is 0 Å². The van der Waals surface area contributed by atoms with Gasteiger partial charge in [0.05, 0.1) is 22.7 Å². The summed E-state index contributed by atoms with van der Waals surface area (Å²) in [6, 6.07) is 10.4. The van der Waals surface area contributed by atoms with E-state index >= 15 is 0 Å². The molecule has 0 aromatic heterocycles. The van der Waals surface area contributed by atoms with Crippen LogP contribution in [-0.2, 0) is 16.1 Å². The van der Waals surface area contributed by atoms with E-state index in [1.807, 2.05) is 31.2 Å². The molecule has 0 aliphatic carbocycles. The molecule has 1 heterocycles. The Labute approximate surface area is 250 Å². The zero-order valence-electron chi connectivity index (χ0n) is 25.3. The standard InChI is InChI=1S/C34H45FN4O3/c1-5-15-29(35)19-14-25-37-33(40)31(6-2)32(36-24-13-9-10-16-27(4)38-41)21-20-30-26-34(7-3,42-39-30)23-22-28-17-11-8-12-18-28/h6,8,11-12,14-15,17-19,21,24H,4-5,7,9-10,13,16,20,22-23,25-26H2,1-3H3,(H,37,40)/b19-14-,29-15+,31-6+,32-21+,36-24?. The Hall–Kier alpha value is -3.94. The van der Waals surface area contributed by atoms with Crippen molar-refractivity contribution in [3.8, 4) is 0 Å². The third-order valence-corrected chi connectivity index (χ3v) is 7.06. The van der Waals surface area contributed by atoms with Crippen molar-refractivity contribution in [2.75, 3.05) is 6.54 Å². The second-order valence-electron chi connectivity index (χ2n) is 10.3. The summed E-state index contributed by atoms with van der Waals surface area (Å²) in [5.74, 6) is -0.628. The van der Waals surface area contributed by atoms with Crippen molar-refractivity contribution in [3.05, 3.63) is 101 Å². The number of nitroso groups, excluding NO2 is 1. The van der Waals surface area contributed by atoms with E-state index < -0.39 is 0 Å². The third kappa shape index (κ3) is 12.3. The fraction of sp³-hybridized carbons (Fsp3) is 0.441. The number of hydrogen-bond acceptors (Lipinski definition) is 6. The summed E-state index contributed by atoms with van der Waals surface area (Å²) < 4.78 is 13.6. The van der Waals surface area contributed by atoms with Gasteiger partial charge in [0.25, 0.3) is 5.91 Å². The number of aliphatic imine (C=N–C) groups is 1. The molecular formula is C34H45FN4O3. The molecule has 1 N–H and O–H groups in total. The zero-order chi connectivity index (χ0) is 30.6. The molecular weight excluding hydrogens is 531 g/mol. The lowest BCUT2D eigenvalue weighted by molar-refractivity contribution is -0.117. The second kappa shape index (κ2) is 19.2. The molecule has 1 aromatic carbocycles. The molecule has 0 saturated carbocycles. The highest BCUT2D eigenvalue weighted by Gasteiger charge is 2.36. The Morgan fingerprint density at radius 3 is 2.69 bits per heavy atom. The largest absolute Gasteiger partial charge is 0.389 e. The van der Waals surface area contributed by atoms with Crippen molar-refractivity contribution in [3.63, 3.8) is 0 Å². The van der Waals surface area contributed by atoms with Crippen molar-refractivity contribution in [2.24, 2.45) is 15.3 Å². The Balaban J connectivity index is 2.09. The van der Waals surface area contributed by atoms with Crippen LogP contribution in [0.1, 0.15) is 84.1 Å². The second-order valence-corrected chi connectivity index (χ2v) is 10.3. The Bertz CT molecular complexity index is 1210. The van der Waals surface area contributed by atoms with Crippen molar-refractivity contribution >= 4 is 17.8 Å². The molecule has 1 aromatic rings. The Morgan fingerprint density at radius 1 is 1.21 bits per heavy atom. The average molecular weight is 577 g/mol. The van der Waals surface area contributed by atoms with Crippen LogP contribution in [0.15, 0.2) is 105 Å². The maximum atomic E-state index is 13.6. The molecule has 226 valence electrons. The zero-order valence-corrected chi connectivity index (χ0v) is 25.3. The van der Waals surface area contributed by atoms with E-state index in [1.54, 1.807) is 25.3 Å². The highest BCUT2D eigenvalue weighted by Crippen LogP contribution is 2.33. The van der Waals surface area contributed by atoms with Crippen LogP contribution < -0.4 is 5.32 Å². The summed E-state index contributed by atoms with van der Waals surface area (Å²) in [7, 11) is 0. The van der Waals surface area contributed by atoms with Crippen LogP contribution in [0.4, 0.5) is 4.39 Å². The lowest BCUT2D eigenvalue weighted by Crippen LogP contribution is -2.29. The van der Waals surface area contributed by atoms with Crippen molar-refractivity contribution in [1.29, 1.82) is 0 Å². The van der Waals surface area contributed by atoms with E-state index in [9.17, 15) is 14.1 Å². The van der Waals surface area contributed by atoms with Gasteiger partial charge in [-0.1, -0.05) is 74.1 Å². The van der Waals surface area contributed by atoms with Crippen molar-refractivity contribution < 1.29 is 14.0 Å². The van der Waals surface area contributed by atoms with Crippen LogP contribution in [0.25, 0.3) is 0 Å². The molecule has 1 atom stereocenters. The summed E-state index contributed by atoms with van der Waals surface area (Å²) in [4.78, 5) is 34.2. The molecule has 0 spiro atoms. The fourth-order valence-electron chi connectivity index (χ4n) is 4.52. The van der Waals surface area contributed by atoms with Crippen LogP contribution >= 0.6 is 0 Å². The molecule has 7 nitrogen and oxygen atoms in total. The number of nitrogens with one attached hydrogen (secondary N) is 1. The van der Waals surface area contributed by atoms with E-state index in [2.05, 4.69) is 46.3 Å². The number of carbonyl (C=O) groups excluding carboxylic acids is 1. The highest BCUT2D eigenvalue weighted by atomic mass is 19.1. The van der Waals surface area contributed by atoms with Gasteiger partial charge in [0.2, 0.25) is 0 Å². The summed E-state index contributed by atoms with van der Waals surface area (Å²) >= 11 is 0. The van der Waals surface area contributed by atoms with Gasteiger partial charge in [-0.25, -0.2) is 4.39 Å². The first kappa shape index (κ1) is 34.3. The van der Waals surface area contributed by atoms with Crippen molar-refractivity contribution in [2.45, 2.75) is 90.6 Å². The molecule has 42 heavy (non-hydrogen) atoms. The number of amides is 1. The smallest absolute Gasteiger partial charge is 0.253 e. The summed E-state index contributed by atoms with van der Waals surface area (Å²) in [5.41, 5.74) is 3.15. The molecule has 1 amide bonds. The minimum Gasteiger partial charge on any atom is -0.389 e. The third-order valence-electron chi connectivity index (χ3n) is 7.06. The lowest BCUT2D eigenvalue weighted by atomic mass is 9.87. The lowest BCUT2D eigenvalue weighted by Gasteiger charge is -2.25. The number of benzene rings is 1. The molecule has 1 aliphatic heterocycles. The summed E-state index contributed by atoms with van der Waals surface area (Å²) in [6.07, 6.45) is 17.1. The molecule has 8 heteroatoms. The van der Waals surface area contributed by atoms with E-state index in [0.29, 0.717) is 42.7 Å². The van der Waals surface area contributed by atoms with Gasteiger partial charge in [-0.05, 0) is 81.2 Å². The van der Waals surface area contributed by atoms with Crippen LogP contribution in [0.2, 0.25) is 0 Å². The average Bonchev–Trinajstić information content (AvgIpc) is 3.42. The van der Waals surface area contributed by atoms with Gasteiger partial charge in [-0.3, -0.25) is 9.79 Å². The number of oxime groups is 1. The molecule has 0 bridgehead atoms. The minimum absolute atomic E-state index is 0.188. The molecule has 2 rings (SSSR count). The summed E-state index contributed by atoms with van der Waals surface area (Å²) in [6.45, 7) is 9.56. The number of rotatable bonds is 19. The van der Waals surface area contributed by atoms with Gasteiger partial charge >= 0.3 is 0 Å². The van der Waals surface area contributed by atoms with Crippen LogP contribution in [-0.4, -0.2) is 30.0 Å². The fourth-order valence-corrected chi connectivity index (χ4v) is 4.52. The van der Waals surface area contributed by atoms with E-state index in [4.69, 9.17) is 4.84 Å². The first-order valence-corrected chi connectivity index (χ1v) is 14.8. The van der Waals surface area contributed by atoms with E-state index in [-0.39, 0.29) is 23.9 Å². The first-order valence-electron chi connectivity index (χ1n) is 14.8. The molecule has 1 aliphatic rings. The quantitative estimate of drug-likeness (QED) is 0.0587. The molecule has 0 fully saturated rings. The number of carbonyl (C=O) groups is 1. The number of unbranched alkanes of at least 4 members (excludes halogenated alkanes) is 2. The number of halogens is 1.